The highest BCUT2D eigenvalue weighted by Crippen LogP contribution is 2.27. The predicted octanol–water partition coefficient (Wildman–Crippen LogP) is -0.225. The minimum atomic E-state index is -0.930. The van der Waals surface area contributed by atoms with Crippen molar-refractivity contribution >= 4 is 11.9 Å². The van der Waals surface area contributed by atoms with E-state index in [1.807, 2.05) is 0 Å². The van der Waals surface area contributed by atoms with Gasteiger partial charge in [-0.05, 0) is 13.8 Å². The van der Waals surface area contributed by atoms with Gasteiger partial charge < -0.3 is 18.9 Å². The molecule has 3 aliphatic rings. The van der Waals surface area contributed by atoms with Crippen molar-refractivity contribution < 1.29 is 28.5 Å². The van der Waals surface area contributed by atoms with Crippen LogP contribution in [-0.4, -0.2) is 79.4 Å². The normalized spacial score (nSPS) is 30.2. The molecule has 8 nitrogen and oxygen atoms in total. The fourth-order valence-electron chi connectivity index (χ4n) is 2.13. The summed E-state index contributed by atoms with van der Waals surface area (Å²) in [6.45, 7) is 5.62. The molecule has 2 unspecified atom stereocenters. The first-order chi connectivity index (χ1) is 10.00. The van der Waals surface area contributed by atoms with Crippen molar-refractivity contribution in [1.82, 2.24) is 9.80 Å². The molecular formula is C13H20N2O6. The van der Waals surface area contributed by atoms with Gasteiger partial charge in [-0.1, -0.05) is 0 Å². The zero-order valence-corrected chi connectivity index (χ0v) is 12.2. The molecule has 0 aromatic heterocycles. The van der Waals surface area contributed by atoms with Crippen molar-refractivity contribution in [2.45, 2.75) is 31.6 Å². The lowest BCUT2D eigenvalue weighted by atomic mass is 10.1. The molecule has 3 fully saturated rings. The Labute approximate surface area is 122 Å². The first-order valence-corrected chi connectivity index (χ1v) is 7.02. The lowest BCUT2D eigenvalue weighted by Crippen LogP contribution is -2.45. The van der Waals surface area contributed by atoms with Crippen LogP contribution in [-0.2, 0) is 23.7 Å². The molecule has 2 atom stereocenters. The van der Waals surface area contributed by atoms with Gasteiger partial charge in [0.2, 0.25) is 0 Å². The molecule has 21 heavy (non-hydrogen) atoms. The van der Waals surface area contributed by atoms with Crippen molar-refractivity contribution in [3.8, 4) is 0 Å². The molecule has 8 heteroatoms. The third kappa shape index (κ3) is 3.18. The van der Waals surface area contributed by atoms with Crippen LogP contribution in [0.25, 0.3) is 0 Å². The minimum absolute atomic E-state index is 0.0524. The maximum atomic E-state index is 12.3. The van der Waals surface area contributed by atoms with E-state index in [9.17, 15) is 9.59 Å². The molecule has 0 N–H and O–H groups in total. The molecule has 0 aromatic rings. The van der Waals surface area contributed by atoms with Gasteiger partial charge in [-0.3, -0.25) is 9.69 Å². The number of urea groups is 1. The van der Waals surface area contributed by atoms with Crippen LogP contribution in [0, 0.1) is 0 Å². The highest BCUT2D eigenvalue weighted by molar-refractivity contribution is 6.06. The van der Waals surface area contributed by atoms with Crippen LogP contribution in [0.3, 0.4) is 0 Å². The Morgan fingerprint density at radius 3 is 2.14 bits per heavy atom. The van der Waals surface area contributed by atoms with Crippen molar-refractivity contribution in [2.24, 2.45) is 0 Å². The highest BCUT2D eigenvalue weighted by atomic mass is 16.6. The van der Waals surface area contributed by atoms with E-state index in [0.29, 0.717) is 26.4 Å². The van der Waals surface area contributed by atoms with Gasteiger partial charge in [0.25, 0.3) is 5.91 Å². The first kappa shape index (κ1) is 14.7. The van der Waals surface area contributed by atoms with E-state index in [0.717, 1.165) is 4.90 Å². The standard InChI is InChI=1S/C13H20N2O6/c1-13(2)11(16)14(7-18-3-9-5-20-9)12(17)15(13)8-19-4-10-6-21-10/h9-10H,3-8H2,1-2H3. The van der Waals surface area contributed by atoms with Gasteiger partial charge in [-0.25, -0.2) is 9.69 Å². The van der Waals surface area contributed by atoms with Crippen molar-refractivity contribution in [3.05, 3.63) is 0 Å². The first-order valence-electron chi connectivity index (χ1n) is 7.02. The summed E-state index contributed by atoms with van der Waals surface area (Å²) in [5.41, 5.74) is -0.930. The molecule has 3 aliphatic heterocycles. The Balaban J connectivity index is 1.53. The number of carbonyl (C=O) groups excluding carboxylic acids is 2. The summed E-state index contributed by atoms with van der Waals surface area (Å²) < 4.78 is 20.8. The Morgan fingerprint density at radius 2 is 1.62 bits per heavy atom. The molecule has 3 saturated heterocycles. The zero-order valence-electron chi connectivity index (χ0n) is 12.2. The average molecular weight is 300 g/mol. The number of carbonyl (C=O) groups is 2. The lowest BCUT2D eigenvalue weighted by Gasteiger charge is -2.27. The maximum absolute atomic E-state index is 12.3. The molecule has 3 rings (SSSR count). The van der Waals surface area contributed by atoms with Gasteiger partial charge in [-0.15, -0.1) is 0 Å². The number of amides is 3. The van der Waals surface area contributed by atoms with E-state index in [1.165, 1.54) is 4.90 Å². The zero-order chi connectivity index (χ0) is 15.0. The second-order valence-corrected chi connectivity index (χ2v) is 5.91. The largest absolute Gasteiger partial charge is 0.371 e. The Bertz CT molecular complexity index is 432. The van der Waals surface area contributed by atoms with Crippen LogP contribution < -0.4 is 0 Å². The Morgan fingerprint density at radius 1 is 1.10 bits per heavy atom. The molecule has 0 spiro atoms. The average Bonchev–Trinajstić information content (AvgIpc) is 3.31. The third-order valence-electron chi connectivity index (χ3n) is 3.76. The van der Waals surface area contributed by atoms with Crippen molar-refractivity contribution in [2.75, 3.05) is 39.9 Å². The molecule has 0 radical (unpaired) electrons. The van der Waals surface area contributed by atoms with Crippen molar-refractivity contribution in [3.63, 3.8) is 0 Å². The summed E-state index contributed by atoms with van der Waals surface area (Å²) in [5, 5.41) is 0. The smallest absolute Gasteiger partial charge is 0.331 e. The molecule has 0 bridgehead atoms. The lowest BCUT2D eigenvalue weighted by molar-refractivity contribution is -0.136. The van der Waals surface area contributed by atoms with Gasteiger partial charge in [0, 0.05) is 0 Å². The van der Waals surface area contributed by atoms with Crippen LogP contribution in [0.2, 0.25) is 0 Å². The van der Waals surface area contributed by atoms with Gasteiger partial charge in [0.05, 0.1) is 26.4 Å². The molecule has 0 aromatic carbocycles. The molecule has 3 heterocycles. The van der Waals surface area contributed by atoms with Crippen LogP contribution >= 0.6 is 0 Å². The number of hydrogen-bond acceptors (Lipinski definition) is 6. The predicted molar refractivity (Wildman–Crippen MR) is 69.3 cm³/mol. The molecule has 3 amide bonds. The molecule has 118 valence electrons. The summed E-state index contributed by atoms with van der Waals surface area (Å²) in [5.74, 6) is -0.282. The monoisotopic (exact) mass is 300 g/mol. The van der Waals surface area contributed by atoms with E-state index in [2.05, 4.69) is 0 Å². The quantitative estimate of drug-likeness (QED) is 0.455. The summed E-state index contributed by atoms with van der Waals surface area (Å²) in [4.78, 5) is 27.2. The SMILES string of the molecule is CC1(C)C(=O)N(COCC2CO2)C(=O)N1COCC1CO1. The van der Waals surface area contributed by atoms with E-state index in [4.69, 9.17) is 18.9 Å². The van der Waals surface area contributed by atoms with Crippen LogP contribution in [0.15, 0.2) is 0 Å². The van der Waals surface area contributed by atoms with Gasteiger partial charge in [0.15, 0.2) is 0 Å². The number of hydrogen-bond donors (Lipinski definition) is 0. The fraction of sp³-hybridized carbons (Fsp3) is 0.846. The number of rotatable bonds is 8. The van der Waals surface area contributed by atoms with E-state index >= 15 is 0 Å². The number of nitrogens with zero attached hydrogens (tertiary/aromatic N) is 2. The number of imide groups is 1. The summed E-state index contributed by atoms with van der Waals surface area (Å²) in [6.07, 6.45) is 0.225. The number of ether oxygens (including phenoxy) is 4. The van der Waals surface area contributed by atoms with Gasteiger partial charge in [-0.2, -0.15) is 0 Å². The summed E-state index contributed by atoms with van der Waals surface area (Å²) in [6, 6.07) is -0.390. The van der Waals surface area contributed by atoms with Crippen molar-refractivity contribution in [1.29, 1.82) is 0 Å². The third-order valence-corrected chi connectivity index (χ3v) is 3.76. The highest BCUT2D eigenvalue weighted by Gasteiger charge is 2.51. The van der Waals surface area contributed by atoms with Crippen LogP contribution in [0.4, 0.5) is 4.79 Å². The van der Waals surface area contributed by atoms with Crippen LogP contribution in [0.1, 0.15) is 13.8 Å². The minimum Gasteiger partial charge on any atom is -0.371 e. The fourth-order valence-corrected chi connectivity index (χ4v) is 2.13. The van der Waals surface area contributed by atoms with Gasteiger partial charge in [0.1, 0.15) is 31.2 Å². The Kier molecular flexibility index (Phi) is 3.87. The summed E-state index contributed by atoms with van der Waals surface area (Å²) in [7, 11) is 0. The van der Waals surface area contributed by atoms with E-state index in [1.54, 1.807) is 13.8 Å². The second kappa shape index (κ2) is 5.53. The topological polar surface area (TPSA) is 84.1 Å². The van der Waals surface area contributed by atoms with E-state index < -0.39 is 11.6 Å². The molecule has 0 saturated carbocycles. The van der Waals surface area contributed by atoms with Crippen LogP contribution in [0.5, 0.6) is 0 Å². The Hall–Kier alpha value is -1.22. The van der Waals surface area contributed by atoms with Gasteiger partial charge >= 0.3 is 6.03 Å². The maximum Gasteiger partial charge on any atom is 0.331 e. The molecular weight excluding hydrogens is 280 g/mol. The summed E-state index contributed by atoms with van der Waals surface area (Å²) >= 11 is 0. The van der Waals surface area contributed by atoms with E-state index in [-0.39, 0.29) is 31.6 Å². The second-order valence-electron chi connectivity index (χ2n) is 5.91. The number of epoxide rings is 2. The molecule has 0 aliphatic carbocycles.